The first-order chi connectivity index (χ1) is 12.9. The maximum atomic E-state index is 12.3. The zero-order chi connectivity index (χ0) is 19.4. The van der Waals surface area contributed by atoms with Crippen LogP contribution in [0.5, 0.6) is 0 Å². The molecule has 2 fully saturated rings. The summed E-state index contributed by atoms with van der Waals surface area (Å²) in [5.41, 5.74) is 1.62. The monoisotopic (exact) mass is 392 g/mol. The minimum atomic E-state index is -0.571. The van der Waals surface area contributed by atoms with E-state index < -0.39 is 11.9 Å². The Morgan fingerprint density at radius 3 is 2.74 bits per heavy atom. The molecule has 2 aliphatic rings. The van der Waals surface area contributed by atoms with Gasteiger partial charge < -0.3 is 15.0 Å². The Balaban J connectivity index is 1.51. The maximum Gasteiger partial charge on any atom is 0.311 e. The van der Waals surface area contributed by atoms with Crippen LogP contribution < -0.4 is 10.2 Å². The van der Waals surface area contributed by atoms with Crippen molar-refractivity contribution in [3.63, 3.8) is 0 Å². The predicted molar refractivity (Wildman–Crippen MR) is 103 cm³/mol. The van der Waals surface area contributed by atoms with Crippen LogP contribution in [-0.4, -0.2) is 37.0 Å². The van der Waals surface area contributed by atoms with Gasteiger partial charge >= 0.3 is 5.97 Å². The van der Waals surface area contributed by atoms with Crippen molar-refractivity contribution in [2.75, 3.05) is 18.1 Å². The second-order valence-electron chi connectivity index (χ2n) is 7.35. The summed E-state index contributed by atoms with van der Waals surface area (Å²) in [6.45, 7) is 1.83. The third kappa shape index (κ3) is 5.01. The van der Waals surface area contributed by atoms with E-state index in [2.05, 4.69) is 5.32 Å². The van der Waals surface area contributed by atoms with Gasteiger partial charge in [-0.3, -0.25) is 14.4 Å². The highest BCUT2D eigenvalue weighted by Crippen LogP contribution is 2.30. The number of hydrogen-bond acceptors (Lipinski definition) is 4. The summed E-state index contributed by atoms with van der Waals surface area (Å²) in [5, 5.41) is 3.45. The molecule has 2 amide bonds. The normalized spacial score (nSPS) is 20.6. The molecular formula is C20H25ClN2O4. The molecule has 0 spiro atoms. The summed E-state index contributed by atoms with van der Waals surface area (Å²) < 4.78 is 5.16. The SMILES string of the molecule is Cc1ccc(Cl)cc1N1CC(C(=O)OCC(=O)NC2CCCCC2)CC1=O. The van der Waals surface area contributed by atoms with Crippen molar-refractivity contribution < 1.29 is 19.1 Å². The minimum Gasteiger partial charge on any atom is -0.455 e. The first-order valence-electron chi connectivity index (χ1n) is 9.46. The molecule has 1 aliphatic carbocycles. The fourth-order valence-electron chi connectivity index (χ4n) is 3.74. The Bertz CT molecular complexity index is 731. The van der Waals surface area contributed by atoms with E-state index in [-0.39, 0.29) is 37.4 Å². The zero-order valence-electron chi connectivity index (χ0n) is 15.5. The minimum absolute atomic E-state index is 0.0784. The molecule has 0 aromatic heterocycles. The van der Waals surface area contributed by atoms with Crippen LogP contribution in [0.1, 0.15) is 44.1 Å². The van der Waals surface area contributed by atoms with Gasteiger partial charge in [-0.15, -0.1) is 0 Å². The number of carbonyl (C=O) groups excluding carboxylic acids is 3. The Morgan fingerprint density at radius 2 is 2.00 bits per heavy atom. The number of anilines is 1. The van der Waals surface area contributed by atoms with Gasteiger partial charge in [0.15, 0.2) is 6.61 Å². The van der Waals surface area contributed by atoms with Crippen molar-refractivity contribution in [3.05, 3.63) is 28.8 Å². The van der Waals surface area contributed by atoms with E-state index in [0.717, 1.165) is 31.2 Å². The Kier molecular flexibility index (Phi) is 6.37. The molecule has 1 saturated carbocycles. The lowest BCUT2D eigenvalue weighted by atomic mass is 9.95. The Labute approximate surface area is 164 Å². The van der Waals surface area contributed by atoms with Crippen LogP contribution in [0.15, 0.2) is 18.2 Å². The molecule has 1 aromatic rings. The first-order valence-corrected chi connectivity index (χ1v) is 9.84. The molecule has 3 rings (SSSR count). The van der Waals surface area contributed by atoms with Crippen molar-refractivity contribution in [3.8, 4) is 0 Å². The van der Waals surface area contributed by atoms with E-state index in [1.165, 1.54) is 6.42 Å². The highest BCUT2D eigenvalue weighted by molar-refractivity contribution is 6.31. The second-order valence-corrected chi connectivity index (χ2v) is 7.78. The van der Waals surface area contributed by atoms with Crippen LogP contribution >= 0.6 is 11.6 Å². The molecule has 1 heterocycles. The van der Waals surface area contributed by atoms with Gasteiger partial charge in [0.25, 0.3) is 5.91 Å². The lowest BCUT2D eigenvalue weighted by molar-refractivity contribution is -0.152. The number of ether oxygens (including phenoxy) is 1. The zero-order valence-corrected chi connectivity index (χ0v) is 16.3. The van der Waals surface area contributed by atoms with Gasteiger partial charge in [-0.05, 0) is 37.5 Å². The average molecular weight is 393 g/mol. The standard InChI is InChI=1S/C20H25ClN2O4/c1-13-7-8-15(21)10-17(13)23-11-14(9-19(23)25)20(26)27-12-18(24)22-16-5-3-2-4-6-16/h7-8,10,14,16H,2-6,9,11-12H2,1H3,(H,22,24). The number of esters is 1. The van der Waals surface area contributed by atoms with Crippen molar-refractivity contribution in [2.45, 2.75) is 51.5 Å². The predicted octanol–water partition coefficient (Wildman–Crippen LogP) is 2.99. The molecule has 1 aliphatic heterocycles. The molecule has 1 aromatic carbocycles. The molecule has 1 N–H and O–H groups in total. The van der Waals surface area contributed by atoms with Crippen molar-refractivity contribution in [1.82, 2.24) is 5.32 Å². The third-order valence-electron chi connectivity index (χ3n) is 5.24. The number of aryl methyl sites for hydroxylation is 1. The molecule has 27 heavy (non-hydrogen) atoms. The number of halogens is 1. The Morgan fingerprint density at radius 1 is 1.26 bits per heavy atom. The summed E-state index contributed by atoms with van der Waals surface area (Å²) in [6.07, 6.45) is 5.48. The van der Waals surface area contributed by atoms with Gasteiger partial charge in [0, 0.05) is 29.7 Å². The van der Waals surface area contributed by atoms with Gasteiger partial charge in [0.05, 0.1) is 5.92 Å². The molecule has 1 atom stereocenters. The summed E-state index contributed by atoms with van der Waals surface area (Å²) in [6, 6.07) is 5.50. The van der Waals surface area contributed by atoms with Gasteiger partial charge in [-0.1, -0.05) is 36.9 Å². The van der Waals surface area contributed by atoms with E-state index in [1.54, 1.807) is 17.0 Å². The van der Waals surface area contributed by atoms with Crippen molar-refractivity contribution >= 4 is 35.1 Å². The van der Waals surface area contributed by atoms with Gasteiger partial charge in [0.2, 0.25) is 5.91 Å². The van der Waals surface area contributed by atoms with Crippen molar-refractivity contribution in [2.24, 2.45) is 5.92 Å². The fourth-order valence-corrected chi connectivity index (χ4v) is 3.91. The Hall–Kier alpha value is -2.08. The molecule has 7 heteroatoms. The van der Waals surface area contributed by atoms with Gasteiger partial charge in [0.1, 0.15) is 0 Å². The van der Waals surface area contributed by atoms with Crippen molar-refractivity contribution in [1.29, 1.82) is 0 Å². The van der Waals surface area contributed by atoms with Crippen LogP contribution in [0.3, 0.4) is 0 Å². The van der Waals surface area contributed by atoms with Gasteiger partial charge in [-0.25, -0.2) is 0 Å². The molecular weight excluding hydrogens is 368 g/mol. The van der Waals surface area contributed by atoms with Crippen LogP contribution in [0.25, 0.3) is 0 Å². The number of benzene rings is 1. The summed E-state index contributed by atoms with van der Waals surface area (Å²) in [5.74, 6) is -1.50. The van der Waals surface area contributed by atoms with E-state index in [9.17, 15) is 14.4 Å². The number of nitrogens with zero attached hydrogens (tertiary/aromatic N) is 1. The highest BCUT2D eigenvalue weighted by atomic mass is 35.5. The van der Waals surface area contributed by atoms with Crippen LogP contribution in [-0.2, 0) is 19.1 Å². The molecule has 1 unspecified atom stereocenters. The summed E-state index contributed by atoms with van der Waals surface area (Å²) >= 11 is 6.03. The number of hydrogen-bond donors (Lipinski definition) is 1. The topological polar surface area (TPSA) is 75.7 Å². The first kappa shape index (κ1) is 19.7. The quantitative estimate of drug-likeness (QED) is 0.781. The average Bonchev–Trinajstić information content (AvgIpc) is 3.04. The van der Waals surface area contributed by atoms with Gasteiger partial charge in [-0.2, -0.15) is 0 Å². The number of rotatable bonds is 5. The van der Waals surface area contributed by atoms with E-state index in [4.69, 9.17) is 16.3 Å². The third-order valence-corrected chi connectivity index (χ3v) is 5.47. The molecule has 0 bridgehead atoms. The smallest absolute Gasteiger partial charge is 0.311 e. The van der Waals surface area contributed by atoms with E-state index in [0.29, 0.717) is 10.7 Å². The van der Waals surface area contributed by atoms with Crippen LogP contribution in [0.2, 0.25) is 5.02 Å². The number of amides is 2. The lowest BCUT2D eigenvalue weighted by Crippen LogP contribution is -2.39. The fraction of sp³-hybridized carbons (Fsp3) is 0.550. The maximum absolute atomic E-state index is 12.3. The molecule has 0 radical (unpaired) electrons. The van der Waals surface area contributed by atoms with Crippen LogP contribution in [0.4, 0.5) is 5.69 Å². The lowest BCUT2D eigenvalue weighted by Gasteiger charge is -2.22. The molecule has 6 nitrogen and oxygen atoms in total. The molecule has 146 valence electrons. The van der Waals surface area contributed by atoms with E-state index >= 15 is 0 Å². The second kappa shape index (κ2) is 8.74. The summed E-state index contributed by atoms with van der Waals surface area (Å²) in [7, 11) is 0. The highest BCUT2D eigenvalue weighted by Gasteiger charge is 2.37. The van der Waals surface area contributed by atoms with E-state index in [1.807, 2.05) is 13.0 Å². The number of carbonyl (C=O) groups is 3. The molecule has 1 saturated heterocycles. The number of nitrogens with one attached hydrogen (secondary N) is 1. The largest absolute Gasteiger partial charge is 0.455 e. The summed E-state index contributed by atoms with van der Waals surface area (Å²) in [4.78, 5) is 38.2. The van der Waals surface area contributed by atoms with Crippen LogP contribution in [0, 0.1) is 12.8 Å².